The minimum atomic E-state index is -3.57. The van der Waals surface area contributed by atoms with Gasteiger partial charge in [0.1, 0.15) is 5.82 Å². The van der Waals surface area contributed by atoms with Crippen molar-refractivity contribution in [3.05, 3.63) is 35.6 Å². The molecule has 1 aromatic carbocycles. The van der Waals surface area contributed by atoms with E-state index in [1.807, 2.05) is 0 Å². The molecule has 0 unspecified atom stereocenters. The fourth-order valence-corrected chi connectivity index (χ4v) is 4.34. The number of rotatable bonds is 3. The Morgan fingerprint density at radius 3 is 2.65 bits per heavy atom. The number of carbonyl (C=O) groups is 2. The van der Waals surface area contributed by atoms with Crippen LogP contribution in [-0.4, -0.2) is 50.6 Å². The average molecular weight is 343 g/mol. The van der Waals surface area contributed by atoms with E-state index in [-0.39, 0.29) is 30.8 Å². The second-order valence-corrected chi connectivity index (χ2v) is 7.63. The molecule has 1 aromatic rings. The maximum Gasteiger partial charge on any atom is 0.303 e. The maximum atomic E-state index is 13.9. The van der Waals surface area contributed by atoms with Gasteiger partial charge in [-0.15, -0.1) is 0 Å². The number of amides is 1. The number of esters is 1. The molecule has 2 rings (SSSR count). The summed E-state index contributed by atoms with van der Waals surface area (Å²) in [6.07, 6.45) is 0.106. The summed E-state index contributed by atoms with van der Waals surface area (Å²) in [5.74, 6) is -1.85. The Bertz CT molecular complexity index is 704. The Balaban J connectivity index is 2.15. The molecule has 1 fully saturated rings. The first-order chi connectivity index (χ1) is 10.8. The number of nitrogens with zero attached hydrogens (tertiary/aromatic N) is 1. The highest BCUT2D eigenvalue weighted by Gasteiger charge is 2.34. The molecule has 1 aliphatic rings. The first-order valence-electron chi connectivity index (χ1n) is 7.18. The third kappa shape index (κ3) is 4.28. The van der Waals surface area contributed by atoms with Crippen LogP contribution in [0.2, 0.25) is 0 Å². The third-order valence-electron chi connectivity index (χ3n) is 3.74. The van der Waals surface area contributed by atoms with Crippen molar-refractivity contribution < 1.29 is 27.1 Å². The van der Waals surface area contributed by atoms with E-state index in [1.165, 1.54) is 30.0 Å². The molecular weight excluding hydrogens is 325 g/mol. The number of halogens is 1. The second-order valence-electron chi connectivity index (χ2n) is 5.33. The predicted octanol–water partition coefficient (Wildman–Crippen LogP) is 1.08. The van der Waals surface area contributed by atoms with Gasteiger partial charge in [0, 0.05) is 25.6 Å². The number of carbonyl (C=O) groups excluding carboxylic acids is 2. The highest BCUT2D eigenvalue weighted by Crippen LogP contribution is 2.31. The predicted molar refractivity (Wildman–Crippen MR) is 80.8 cm³/mol. The minimum absolute atomic E-state index is 0.00733. The van der Waals surface area contributed by atoms with Gasteiger partial charge in [-0.3, -0.25) is 9.59 Å². The van der Waals surface area contributed by atoms with Crippen LogP contribution in [0.25, 0.3) is 0 Å². The van der Waals surface area contributed by atoms with Crippen molar-refractivity contribution in [2.24, 2.45) is 0 Å². The molecule has 1 heterocycles. The molecule has 0 N–H and O–H groups in total. The Labute approximate surface area is 134 Å². The van der Waals surface area contributed by atoms with E-state index in [2.05, 4.69) is 4.74 Å². The van der Waals surface area contributed by atoms with Gasteiger partial charge < -0.3 is 9.64 Å². The summed E-state index contributed by atoms with van der Waals surface area (Å²) < 4.78 is 43.4. The second kappa shape index (κ2) is 7.08. The molecule has 6 nitrogen and oxygen atoms in total. The van der Waals surface area contributed by atoms with Crippen molar-refractivity contribution in [2.45, 2.75) is 18.6 Å². The van der Waals surface area contributed by atoms with Gasteiger partial charge in [-0.25, -0.2) is 12.8 Å². The van der Waals surface area contributed by atoms with Gasteiger partial charge in [-0.2, -0.15) is 0 Å². The van der Waals surface area contributed by atoms with Crippen LogP contribution < -0.4 is 0 Å². The first-order valence-corrected chi connectivity index (χ1v) is 8.90. The van der Waals surface area contributed by atoms with Crippen molar-refractivity contribution in [2.75, 3.05) is 25.4 Å². The van der Waals surface area contributed by atoms with Crippen molar-refractivity contribution in [1.29, 1.82) is 0 Å². The highest BCUT2D eigenvalue weighted by atomic mass is 32.2. The van der Waals surface area contributed by atoms with Gasteiger partial charge >= 0.3 is 5.97 Å². The monoisotopic (exact) mass is 343 g/mol. The summed E-state index contributed by atoms with van der Waals surface area (Å²) in [5, 5.41) is -0.977. The van der Waals surface area contributed by atoms with Crippen LogP contribution in [0.1, 0.15) is 24.2 Å². The van der Waals surface area contributed by atoms with E-state index in [1.54, 1.807) is 6.07 Å². The highest BCUT2D eigenvalue weighted by molar-refractivity contribution is 7.91. The molecule has 1 aliphatic heterocycles. The quantitative estimate of drug-likeness (QED) is 0.767. The summed E-state index contributed by atoms with van der Waals surface area (Å²) in [6.45, 7) is 0.944. The van der Waals surface area contributed by atoms with Gasteiger partial charge in [-0.05, 0) is 12.5 Å². The minimum Gasteiger partial charge on any atom is -0.456 e. The lowest BCUT2D eigenvalue weighted by molar-refractivity contribution is -0.150. The number of sulfone groups is 1. The van der Waals surface area contributed by atoms with Crippen LogP contribution in [0.5, 0.6) is 0 Å². The van der Waals surface area contributed by atoms with E-state index in [9.17, 15) is 22.4 Å². The lowest BCUT2D eigenvalue weighted by Crippen LogP contribution is -2.36. The van der Waals surface area contributed by atoms with Crippen LogP contribution in [0, 0.1) is 5.82 Å². The largest absolute Gasteiger partial charge is 0.456 e. The van der Waals surface area contributed by atoms with E-state index in [0.717, 1.165) is 0 Å². The van der Waals surface area contributed by atoms with Crippen molar-refractivity contribution in [1.82, 2.24) is 4.90 Å². The van der Waals surface area contributed by atoms with Gasteiger partial charge in [-0.1, -0.05) is 18.2 Å². The lowest BCUT2D eigenvalue weighted by Gasteiger charge is -2.19. The molecule has 8 heteroatoms. The summed E-state index contributed by atoms with van der Waals surface area (Å²) in [5.41, 5.74) is 0.127. The number of benzene rings is 1. The molecular formula is C15H18FNO5S. The Morgan fingerprint density at radius 2 is 2.00 bits per heavy atom. The Hall–Kier alpha value is -1.96. The summed E-state index contributed by atoms with van der Waals surface area (Å²) in [6, 6.07) is 5.76. The van der Waals surface area contributed by atoms with Gasteiger partial charge in [0.2, 0.25) is 0 Å². The summed E-state index contributed by atoms with van der Waals surface area (Å²) >= 11 is 0. The number of hydrogen-bond donors (Lipinski definition) is 0. The molecule has 126 valence electrons. The fourth-order valence-electron chi connectivity index (χ4n) is 2.53. The molecule has 0 bridgehead atoms. The van der Waals surface area contributed by atoms with Crippen LogP contribution in [0.4, 0.5) is 4.39 Å². The van der Waals surface area contributed by atoms with Gasteiger partial charge in [0.05, 0.1) is 11.0 Å². The van der Waals surface area contributed by atoms with E-state index < -0.39 is 39.4 Å². The average Bonchev–Trinajstić information content (AvgIpc) is 2.64. The number of hydrogen-bond acceptors (Lipinski definition) is 5. The summed E-state index contributed by atoms with van der Waals surface area (Å²) in [7, 11) is -3.57. The van der Waals surface area contributed by atoms with E-state index >= 15 is 0 Å². The SMILES string of the molecule is CC(=O)OCC(=O)N1CC[C@@H](c2ccccc2F)S(=O)(=O)CC1. The van der Waals surface area contributed by atoms with Crippen LogP contribution in [0.15, 0.2) is 24.3 Å². The normalized spacial score (nSPS) is 20.6. The third-order valence-corrected chi connectivity index (χ3v) is 5.85. The molecule has 0 saturated carbocycles. The van der Waals surface area contributed by atoms with Gasteiger partial charge in [0.25, 0.3) is 5.91 Å². The smallest absolute Gasteiger partial charge is 0.303 e. The standard InChI is InChI=1S/C15H18FNO5S/c1-11(18)22-10-15(19)17-7-6-14(23(20,21)9-8-17)12-4-2-3-5-13(12)16/h2-5,14H,6-10H2,1H3/t14-/m0/s1. The Kier molecular flexibility index (Phi) is 5.35. The lowest BCUT2D eigenvalue weighted by atomic mass is 10.1. The molecule has 1 amide bonds. The molecule has 23 heavy (non-hydrogen) atoms. The van der Waals surface area contributed by atoms with Gasteiger partial charge in [0.15, 0.2) is 16.4 Å². The van der Waals surface area contributed by atoms with E-state index in [4.69, 9.17) is 0 Å². The molecule has 1 atom stereocenters. The molecule has 0 radical (unpaired) electrons. The molecule has 0 aliphatic carbocycles. The molecule has 1 saturated heterocycles. The Morgan fingerprint density at radius 1 is 1.30 bits per heavy atom. The van der Waals surface area contributed by atoms with Crippen molar-refractivity contribution in [3.8, 4) is 0 Å². The topological polar surface area (TPSA) is 80.8 Å². The zero-order valence-electron chi connectivity index (χ0n) is 12.7. The van der Waals surface area contributed by atoms with Crippen LogP contribution in [-0.2, 0) is 24.2 Å². The maximum absolute atomic E-state index is 13.9. The van der Waals surface area contributed by atoms with E-state index in [0.29, 0.717) is 0 Å². The first kappa shape index (κ1) is 17.4. The number of ether oxygens (including phenoxy) is 1. The van der Waals surface area contributed by atoms with Crippen LogP contribution in [0.3, 0.4) is 0 Å². The zero-order chi connectivity index (χ0) is 17.0. The molecule has 0 spiro atoms. The van der Waals surface area contributed by atoms with Crippen molar-refractivity contribution >= 4 is 21.7 Å². The fraction of sp³-hybridized carbons (Fsp3) is 0.467. The zero-order valence-corrected chi connectivity index (χ0v) is 13.5. The summed E-state index contributed by atoms with van der Waals surface area (Å²) in [4.78, 5) is 24.0. The molecule has 0 aromatic heterocycles. The van der Waals surface area contributed by atoms with Crippen LogP contribution >= 0.6 is 0 Å². The van der Waals surface area contributed by atoms with Crippen molar-refractivity contribution in [3.63, 3.8) is 0 Å².